The van der Waals surface area contributed by atoms with E-state index in [1.54, 1.807) is 12.1 Å². The summed E-state index contributed by atoms with van der Waals surface area (Å²) in [6.07, 6.45) is 1.24. The first kappa shape index (κ1) is 24.9. The summed E-state index contributed by atoms with van der Waals surface area (Å²) in [5.74, 6) is 0.238. The maximum Gasteiger partial charge on any atom is 0.251 e. The molecule has 0 saturated heterocycles. The number of phenols is 1. The van der Waals surface area contributed by atoms with Crippen LogP contribution >= 0.6 is 0 Å². The standard InChI is InChI=1S/C25H32N6O3/c1-5-22(25(34)26-14-13-17(2)3)31(20-7-6-8-21(32)15-20)23(33)16-30-28-24(27-29-30)19-11-9-18(4)10-12-19/h6-12,15,17,22,32H,5,13-14,16H2,1-4H3,(H,26,34)/t22-/m0/s1. The van der Waals surface area contributed by atoms with E-state index < -0.39 is 6.04 Å². The summed E-state index contributed by atoms with van der Waals surface area (Å²) in [6.45, 7) is 8.33. The molecular weight excluding hydrogens is 432 g/mol. The van der Waals surface area contributed by atoms with Gasteiger partial charge in [0, 0.05) is 23.9 Å². The molecule has 0 bridgehead atoms. The van der Waals surface area contributed by atoms with Gasteiger partial charge in [0.2, 0.25) is 11.7 Å². The van der Waals surface area contributed by atoms with Gasteiger partial charge in [-0.05, 0) is 43.0 Å². The molecule has 0 spiro atoms. The highest BCUT2D eigenvalue weighted by Crippen LogP contribution is 2.24. The van der Waals surface area contributed by atoms with Gasteiger partial charge in [-0.25, -0.2) is 0 Å². The Balaban J connectivity index is 1.83. The molecule has 9 heteroatoms. The zero-order valence-corrected chi connectivity index (χ0v) is 20.1. The molecule has 9 nitrogen and oxygen atoms in total. The van der Waals surface area contributed by atoms with E-state index in [1.807, 2.05) is 38.1 Å². The molecule has 0 unspecified atom stereocenters. The molecule has 2 aromatic carbocycles. The van der Waals surface area contributed by atoms with E-state index in [1.165, 1.54) is 21.8 Å². The number of nitrogens with zero attached hydrogens (tertiary/aromatic N) is 5. The molecule has 0 radical (unpaired) electrons. The average molecular weight is 465 g/mol. The Morgan fingerprint density at radius 3 is 2.53 bits per heavy atom. The van der Waals surface area contributed by atoms with Crippen molar-refractivity contribution in [3.05, 3.63) is 54.1 Å². The molecular formula is C25H32N6O3. The first-order chi connectivity index (χ1) is 16.3. The van der Waals surface area contributed by atoms with Gasteiger partial charge in [0.15, 0.2) is 0 Å². The van der Waals surface area contributed by atoms with Crippen LogP contribution in [0.3, 0.4) is 0 Å². The second kappa shape index (κ2) is 11.4. The number of nitrogens with one attached hydrogen (secondary N) is 1. The smallest absolute Gasteiger partial charge is 0.251 e. The minimum atomic E-state index is -0.749. The van der Waals surface area contributed by atoms with Gasteiger partial charge in [-0.1, -0.05) is 56.7 Å². The van der Waals surface area contributed by atoms with Crippen LogP contribution in [0.25, 0.3) is 11.4 Å². The number of aryl methyl sites for hydroxylation is 1. The second-order valence-electron chi connectivity index (χ2n) is 8.69. The van der Waals surface area contributed by atoms with Crippen molar-refractivity contribution in [2.24, 2.45) is 5.92 Å². The Labute approximate surface area is 199 Å². The lowest BCUT2D eigenvalue weighted by atomic mass is 10.1. The summed E-state index contributed by atoms with van der Waals surface area (Å²) in [6, 6.07) is 13.3. The van der Waals surface area contributed by atoms with Crippen LogP contribution in [-0.4, -0.2) is 49.7 Å². The van der Waals surface area contributed by atoms with Crippen LogP contribution in [0.5, 0.6) is 5.75 Å². The number of hydrogen-bond acceptors (Lipinski definition) is 6. The molecule has 0 aliphatic carbocycles. The molecule has 0 fully saturated rings. The minimum Gasteiger partial charge on any atom is -0.508 e. The summed E-state index contributed by atoms with van der Waals surface area (Å²) in [5, 5.41) is 25.4. The molecule has 1 heterocycles. The monoisotopic (exact) mass is 464 g/mol. The number of rotatable bonds is 10. The van der Waals surface area contributed by atoms with E-state index in [4.69, 9.17) is 0 Å². The van der Waals surface area contributed by atoms with Crippen molar-refractivity contribution < 1.29 is 14.7 Å². The molecule has 1 atom stereocenters. The summed E-state index contributed by atoms with van der Waals surface area (Å²) in [4.78, 5) is 29.1. The van der Waals surface area contributed by atoms with Gasteiger partial charge in [0.25, 0.3) is 5.91 Å². The van der Waals surface area contributed by atoms with Gasteiger partial charge in [-0.2, -0.15) is 4.80 Å². The van der Waals surface area contributed by atoms with E-state index in [9.17, 15) is 14.7 Å². The van der Waals surface area contributed by atoms with Gasteiger partial charge in [-0.3, -0.25) is 14.5 Å². The third-order valence-corrected chi connectivity index (χ3v) is 5.44. The fourth-order valence-electron chi connectivity index (χ4n) is 3.55. The Kier molecular flexibility index (Phi) is 8.34. The number of benzene rings is 2. The van der Waals surface area contributed by atoms with Crippen molar-refractivity contribution in [2.75, 3.05) is 11.4 Å². The molecule has 34 heavy (non-hydrogen) atoms. The molecule has 1 aromatic heterocycles. The van der Waals surface area contributed by atoms with Gasteiger partial charge >= 0.3 is 0 Å². The highest BCUT2D eigenvalue weighted by atomic mass is 16.3. The van der Waals surface area contributed by atoms with Gasteiger partial charge in [0.1, 0.15) is 18.3 Å². The lowest BCUT2D eigenvalue weighted by molar-refractivity contribution is -0.127. The number of carbonyl (C=O) groups excluding carboxylic acids is 2. The van der Waals surface area contributed by atoms with Crippen LogP contribution in [0, 0.1) is 12.8 Å². The van der Waals surface area contributed by atoms with E-state index in [2.05, 4.69) is 34.6 Å². The van der Waals surface area contributed by atoms with Gasteiger partial charge < -0.3 is 10.4 Å². The second-order valence-corrected chi connectivity index (χ2v) is 8.69. The Morgan fingerprint density at radius 1 is 1.15 bits per heavy atom. The zero-order chi connectivity index (χ0) is 24.7. The fraction of sp³-hybridized carbons (Fsp3) is 0.400. The number of tetrazole rings is 1. The number of hydrogen-bond donors (Lipinski definition) is 2. The van der Waals surface area contributed by atoms with Crippen molar-refractivity contribution in [2.45, 2.75) is 53.1 Å². The van der Waals surface area contributed by atoms with Gasteiger partial charge in [-0.15, -0.1) is 10.2 Å². The number of amides is 2. The maximum atomic E-state index is 13.4. The molecule has 2 amide bonds. The predicted octanol–water partition coefficient (Wildman–Crippen LogP) is 3.33. The third-order valence-electron chi connectivity index (χ3n) is 5.44. The molecule has 3 rings (SSSR count). The number of aromatic hydroxyl groups is 1. The Hall–Kier alpha value is -3.75. The normalized spacial score (nSPS) is 11.9. The zero-order valence-electron chi connectivity index (χ0n) is 20.1. The maximum absolute atomic E-state index is 13.4. The number of anilines is 1. The first-order valence-corrected chi connectivity index (χ1v) is 11.5. The van der Waals surface area contributed by atoms with Crippen LogP contribution < -0.4 is 10.2 Å². The molecule has 0 aliphatic heterocycles. The first-order valence-electron chi connectivity index (χ1n) is 11.5. The lowest BCUT2D eigenvalue weighted by Gasteiger charge is -2.30. The van der Waals surface area contributed by atoms with Crippen LogP contribution in [0.2, 0.25) is 0 Å². The number of aromatic nitrogens is 4. The summed E-state index contributed by atoms with van der Waals surface area (Å²) < 4.78 is 0. The Morgan fingerprint density at radius 2 is 1.88 bits per heavy atom. The fourth-order valence-corrected chi connectivity index (χ4v) is 3.55. The van der Waals surface area contributed by atoms with Crippen LogP contribution in [0.1, 0.15) is 39.2 Å². The lowest BCUT2D eigenvalue weighted by Crippen LogP contribution is -2.51. The van der Waals surface area contributed by atoms with Crippen LogP contribution in [0.15, 0.2) is 48.5 Å². The average Bonchev–Trinajstić information content (AvgIpc) is 3.25. The minimum absolute atomic E-state index is 0.00547. The SMILES string of the molecule is CC[C@@H](C(=O)NCCC(C)C)N(C(=O)Cn1nnc(-c2ccc(C)cc2)n1)c1cccc(O)c1. The highest BCUT2D eigenvalue weighted by Gasteiger charge is 2.30. The highest BCUT2D eigenvalue weighted by molar-refractivity contribution is 6.00. The van der Waals surface area contributed by atoms with Crippen molar-refractivity contribution >= 4 is 17.5 Å². The molecule has 0 saturated carbocycles. The number of phenolic OH excluding ortho intramolecular Hbond substituents is 1. The molecule has 180 valence electrons. The number of carbonyl (C=O) groups is 2. The van der Waals surface area contributed by atoms with Crippen molar-refractivity contribution in [3.63, 3.8) is 0 Å². The molecule has 3 aromatic rings. The topological polar surface area (TPSA) is 113 Å². The van der Waals surface area contributed by atoms with E-state index >= 15 is 0 Å². The van der Waals surface area contributed by atoms with Crippen molar-refractivity contribution in [1.82, 2.24) is 25.5 Å². The van der Waals surface area contributed by atoms with Gasteiger partial charge in [0.05, 0.1) is 0 Å². The summed E-state index contributed by atoms with van der Waals surface area (Å²) in [5.41, 5.74) is 2.34. The van der Waals surface area contributed by atoms with Crippen LogP contribution in [-0.2, 0) is 16.1 Å². The third kappa shape index (κ3) is 6.40. The van der Waals surface area contributed by atoms with E-state index in [0.717, 1.165) is 17.5 Å². The predicted molar refractivity (Wildman–Crippen MR) is 130 cm³/mol. The van der Waals surface area contributed by atoms with Crippen LogP contribution in [0.4, 0.5) is 5.69 Å². The Bertz CT molecular complexity index is 1110. The summed E-state index contributed by atoms with van der Waals surface area (Å²) in [7, 11) is 0. The van der Waals surface area contributed by atoms with Crippen molar-refractivity contribution in [3.8, 4) is 17.1 Å². The largest absolute Gasteiger partial charge is 0.508 e. The van der Waals surface area contributed by atoms with Crippen molar-refractivity contribution in [1.29, 1.82) is 0 Å². The quantitative estimate of drug-likeness (QED) is 0.476. The summed E-state index contributed by atoms with van der Waals surface area (Å²) >= 11 is 0. The molecule has 0 aliphatic rings. The van der Waals surface area contributed by atoms with E-state index in [-0.39, 0.29) is 24.1 Å². The van der Waals surface area contributed by atoms with E-state index in [0.29, 0.717) is 30.4 Å². The molecule has 2 N–H and O–H groups in total.